The molecule has 1 aliphatic rings. The average Bonchev–Trinajstić information content (AvgIpc) is 2.28. The minimum absolute atomic E-state index is 0.0590. The van der Waals surface area contributed by atoms with Crippen LogP contribution in [0, 0.1) is 0 Å². The number of hydrogen-bond acceptors (Lipinski definition) is 3. The second-order valence-electron chi connectivity index (χ2n) is 4.21. The Morgan fingerprint density at radius 2 is 2.19 bits per heavy atom. The van der Waals surface area contributed by atoms with Crippen LogP contribution in [-0.2, 0) is 16.7 Å². The molecule has 0 aromatic heterocycles. The van der Waals surface area contributed by atoms with Crippen molar-refractivity contribution >= 4 is 0 Å². The molecule has 0 unspecified atom stereocenters. The van der Waals surface area contributed by atoms with Crippen molar-refractivity contribution in [2.75, 3.05) is 27.4 Å². The van der Waals surface area contributed by atoms with E-state index in [-0.39, 0.29) is 5.54 Å². The molecule has 1 aliphatic heterocycles. The fourth-order valence-electron chi connectivity index (χ4n) is 2.09. The van der Waals surface area contributed by atoms with Crippen LogP contribution in [0.2, 0.25) is 0 Å². The summed E-state index contributed by atoms with van der Waals surface area (Å²) in [6, 6.07) is 6.38. The summed E-state index contributed by atoms with van der Waals surface area (Å²) in [5, 5.41) is 3.35. The summed E-state index contributed by atoms with van der Waals surface area (Å²) in [4.78, 5) is 0. The SMILES string of the molecule is CCc1ccc(OC)c(C2(NC)COC2)c1. The van der Waals surface area contributed by atoms with E-state index in [0.29, 0.717) is 13.2 Å². The molecule has 0 spiro atoms. The van der Waals surface area contributed by atoms with Crippen molar-refractivity contribution in [1.29, 1.82) is 0 Å². The quantitative estimate of drug-likeness (QED) is 0.839. The van der Waals surface area contributed by atoms with Gasteiger partial charge in [-0.2, -0.15) is 0 Å². The molecule has 0 atom stereocenters. The van der Waals surface area contributed by atoms with Gasteiger partial charge in [0.1, 0.15) is 5.75 Å². The predicted molar refractivity (Wildman–Crippen MR) is 63.9 cm³/mol. The molecule has 1 fully saturated rings. The molecule has 1 aromatic rings. The van der Waals surface area contributed by atoms with E-state index in [4.69, 9.17) is 9.47 Å². The molecular weight excluding hydrogens is 202 g/mol. The Kier molecular flexibility index (Phi) is 3.17. The Morgan fingerprint density at radius 1 is 1.44 bits per heavy atom. The molecule has 3 nitrogen and oxygen atoms in total. The second kappa shape index (κ2) is 4.44. The van der Waals surface area contributed by atoms with Crippen LogP contribution in [0.3, 0.4) is 0 Å². The lowest BCUT2D eigenvalue weighted by atomic mass is 9.86. The van der Waals surface area contributed by atoms with Crippen LogP contribution in [-0.4, -0.2) is 27.4 Å². The van der Waals surface area contributed by atoms with Crippen molar-refractivity contribution in [2.45, 2.75) is 18.9 Å². The maximum absolute atomic E-state index is 5.43. The zero-order valence-electron chi connectivity index (χ0n) is 10.2. The first-order valence-electron chi connectivity index (χ1n) is 5.70. The van der Waals surface area contributed by atoms with Gasteiger partial charge in [-0.15, -0.1) is 0 Å². The summed E-state index contributed by atoms with van der Waals surface area (Å²) in [7, 11) is 3.69. The lowest BCUT2D eigenvalue weighted by Crippen LogP contribution is -2.56. The third-order valence-corrected chi connectivity index (χ3v) is 3.36. The van der Waals surface area contributed by atoms with Gasteiger partial charge in [0.05, 0.1) is 25.9 Å². The first-order valence-corrected chi connectivity index (χ1v) is 5.70. The molecule has 88 valence electrons. The number of hydrogen-bond donors (Lipinski definition) is 1. The number of likely N-dealkylation sites (N-methyl/N-ethyl adjacent to an activating group) is 1. The van der Waals surface area contributed by atoms with Crippen LogP contribution in [0.4, 0.5) is 0 Å². The summed E-state index contributed by atoms with van der Waals surface area (Å²) < 4.78 is 10.8. The van der Waals surface area contributed by atoms with Gasteiger partial charge in [0.15, 0.2) is 0 Å². The zero-order valence-corrected chi connectivity index (χ0v) is 10.2. The number of benzene rings is 1. The fourth-order valence-corrected chi connectivity index (χ4v) is 2.09. The average molecular weight is 221 g/mol. The minimum Gasteiger partial charge on any atom is -0.496 e. The molecule has 1 aromatic carbocycles. The maximum Gasteiger partial charge on any atom is 0.124 e. The van der Waals surface area contributed by atoms with Crippen molar-refractivity contribution in [3.8, 4) is 5.75 Å². The van der Waals surface area contributed by atoms with Crippen LogP contribution in [0.15, 0.2) is 18.2 Å². The summed E-state index contributed by atoms with van der Waals surface area (Å²) in [6.07, 6.45) is 1.04. The number of aryl methyl sites for hydroxylation is 1. The fraction of sp³-hybridized carbons (Fsp3) is 0.538. The van der Waals surface area contributed by atoms with Gasteiger partial charge >= 0.3 is 0 Å². The maximum atomic E-state index is 5.43. The summed E-state index contributed by atoms with van der Waals surface area (Å²) in [6.45, 7) is 3.59. The molecule has 3 heteroatoms. The highest BCUT2D eigenvalue weighted by atomic mass is 16.5. The monoisotopic (exact) mass is 221 g/mol. The zero-order chi connectivity index (χ0) is 11.6. The van der Waals surface area contributed by atoms with Gasteiger partial charge in [-0.3, -0.25) is 0 Å². The minimum atomic E-state index is -0.0590. The number of methoxy groups -OCH3 is 1. The summed E-state index contributed by atoms with van der Waals surface area (Å²) in [5.74, 6) is 0.940. The normalized spacial score (nSPS) is 17.9. The van der Waals surface area contributed by atoms with Gasteiger partial charge in [-0.25, -0.2) is 0 Å². The van der Waals surface area contributed by atoms with E-state index >= 15 is 0 Å². The molecule has 1 heterocycles. The van der Waals surface area contributed by atoms with E-state index in [1.165, 1.54) is 11.1 Å². The highest BCUT2D eigenvalue weighted by Gasteiger charge is 2.41. The summed E-state index contributed by atoms with van der Waals surface area (Å²) >= 11 is 0. The van der Waals surface area contributed by atoms with Crippen LogP contribution in [0.25, 0.3) is 0 Å². The highest BCUT2D eigenvalue weighted by molar-refractivity contribution is 5.43. The molecular formula is C13H19NO2. The van der Waals surface area contributed by atoms with Gasteiger partial charge in [-0.1, -0.05) is 19.1 Å². The third-order valence-electron chi connectivity index (χ3n) is 3.36. The standard InChI is InChI=1S/C13H19NO2/c1-4-10-5-6-12(15-3)11(7-10)13(14-2)8-16-9-13/h5-7,14H,4,8-9H2,1-3H3. The Morgan fingerprint density at radius 3 is 2.62 bits per heavy atom. The number of ether oxygens (including phenoxy) is 2. The summed E-state index contributed by atoms with van der Waals surface area (Å²) in [5.41, 5.74) is 2.48. The molecule has 0 bridgehead atoms. The Balaban J connectivity index is 2.43. The van der Waals surface area contributed by atoms with Crippen LogP contribution >= 0.6 is 0 Å². The van der Waals surface area contributed by atoms with Crippen molar-refractivity contribution in [2.24, 2.45) is 0 Å². The van der Waals surface area contributed by atoms with Crippen molar-refractivity contribution in [3.63, 3.8) is 0 Å². The van der Waals surface area contributed by atoms with E-state index in [1.807, 2.05) is 13.1 Å². The Hall–Kier alpha value is -1.06. The van der Waals surface area contributed by atoms with Gasteiger partial charge in [-0.05, 0) is 25.1 Å². The van der Waals surface area contributed by atoms with E-state index in [1.54, 1.807) is 7.11 Å². The van der Waals surface area contributed by atoms with Gasteiger partial charge in [0.25, 0.3) is 0 Å². The van der Waals surface area contributed by atoms with Gasteiger partial charge in [0, 0.05) is 5.56 Å². The largest absolute Gasteiger partial charge is 0.496 e. The topological polar surface area (TPSA) is 30.5 Å². The predicted octanol–water partition coefficient (Wildman–Crippen LogP) is 1.70. The molecule has 0 radical (unpaired) electrons. The van der Waals surface area contributed by atoms with Gasteiger partial charge < -0.3 is 14.8 Å². The smallest absolute Gasteiger partial charge is 0.124 e. The van der Waals surface area contributed by atoms with Crippen LogP contribution < -0.4 is 10.1 Å². The first-order chi connectivity index (χ1) is 7.75. The Labute approximate surface area is 96.8 Å². The third kappa shape index (κ3) is 1.70. The molecule has 0 amide bonds. The lowest BCUT2D eigenvalue weighted by molar-refractivity contribution is -0.0756. The van der Waals surface area contributed by atoms with Crippen molar-refractivity contribution in [1.82, 2.24) is 5.32 Å². The number of rotatable bonds is 4. The lowest BCUT2D eigenvalue weighted by Gasteiger charge is -2.42. The Bertz CT molecular complexity index is 367. The number of nitrogens with one attached hydrogen (secondary N) is 1. The van der Waals surface area contributed by atoms with Crippen LogP contribution in [0.5, 0.6) is 5.75 Å². The molecule has 2 rings (SSSR count). The molecule has 16 heavy (non-hydrogen) atoms. The second-order valence-corrected chi connectivity index (χ2v) is 4.21. The van der Waals surface area contributed by atoms with E-state index in [9.17, 15) is 0 Å². The van der Waals surface area contributed by atoms with Crippen LogP contribution in [0.1, 0.15) is 18.1 Å². The first kappa shape index (κ1) is 11.4. The molecule has 0 aliphatic carbocycles. The molecule has 1 saturated heterocycles. The van der Waals surface area contributed by atoms with E-state index in [2.05, 4.69) is 24.4 Å². The molecule has 0 saturated carbocycles. The van der Waals surface area contributed by atoms with Gasteiger partial charge in [0.2, 0.25) is 0 Å². The van der Waals surface area contributed by atoms with E-state index < -0.39 is 0 Å². The van der Waals surface area contributed by atoms with E-state index in [0.717, 1.165) is 12.2 Å². The van der Waals surface area contributed by atoms with Crippen molar-refractivity contribution < 1.29 is 9.47 Å². The highest BCUT2D eigenvalue weighted by Crippen LogP contribution is 2.36. The molecule has 1 N–H and O–H groups in total. The van der Waals surface area contributed by atoms with Crippen molar-refractivity contribution in [3.05, 3.63) is 29.3 Å².